The largest absolute Gasteiger partial charge is 0.497 e. The molecule has 0 saturated heterocycles. The molecule has 5 nitrogen and oxygen atoms in total. The van der Waals surface area contributed by atoms with Crippen LogP contribution in [-0.2, 0) is 29.0 Å². The van der Waals surface area contributed by atoms with Crippen LogP contribution in [0.25, 0.3) is 0 Å². The molecule has 3 rings (SSSR count). The molecule has 0 heterocycles. The lowest BCUT2D eigenvalue weighted by atomic mass is 10.0. The van der Waals surface area contributed by atoms with Crippen molar-refractivity contribution in [3.05, 3.63) is 100 Å². The van der Waals surface area contributed by atoms with Gasteiger partial charge in [0.1, 0.15) is 11.8 Å². The molecule has 0 fully saturated rings. The number of rotatable bonds is 11. The minimum Gasteiger partial charge on any atom is -0.497 e. The SMILES string of the molecule is CCCNC(=O)[C@H](Cc1ccccc1)N(Cc1cccc(Br)c1)C(=O)Cc1ccc(OC)cc1. The quantitative estimate of drug-likeness (QED) is 0.378. The third-order valence-electron chi connectivity index (χ3n) is 5.58. The molecule has 6 heteroatoms. The highest BCUT2D eigenvalue weighted by Crippen LogP contribution is 2.20. The summed E-state index contributed by atoms with van der Waals surface area (Å²) >= 11 is 3.52. The van der Waals surface area contributed by atoms with Crippen LogP contribution in [0.2, 0.25) is 0 Å². The summed E-state index contributed by atoms with van der Waals surface area (Å²) in [5.74, 6) is 0.504. The Hall–Kier alpha value is -3.12. The molecular formula is C28H31BrN2O3. The normalized spacial score (nSPS) is 11.5. The standard InChI is InChI=1S/C28H31BrN2O3/c1-3-16-30-28(33)26(18-21-8-5-4-6-9-21)31(20-23-10-7-11-24(29)17-23)27(32)19-22-12-14-25(34-2)15-13-22/h4-15,17,26H,3,16,18-20H2,1-2H3,(H,30,33)/t26-/m0/s1. The number of amides is 2. The van der Waals surface area contributed by atoms with Gasteiger partial charge in [-0.05, 0) is 47.4 Å². The zero-order valence-electron chi connectivity index (χ0n) is 19.7. The van der Waals surface area contributed by atoms with E-state index in [1.54, 1.807) is 12.0 Å². The van der Waals surface area contributed by atoms with E-state index in [-0.39, 0.29) is 18.2 Å². The molecule has 3 aromatic carbocycles. The molecule has 0 saturated carbocycles. The summed E-state index contributed by atoms with van der Waals surface area (Å²) in [6.45, 7) is 2.92. The second kappa shape index (κ2) is 12.9. The number of nitrogens with zero attached hydrogens (tertiary/aromatic N) is 1. The number of carbonyl (C=O) groups excluding carboxylic acids is 2. The molecule has 0 aliphatic carbocycles. The number of hydrogen-bond donors (Lipinski definition) is 1. The topological polar surface area (TPSA) is 58.6 Å². The van der Waals surface area contributed by atoms with Crippen LogP contribution in [-0.4, -0.2) is 36.4 Å². The molecule has 2 amide bonds. The van der Waals surface area contributed by atoms with Crippen molar-refractivity contribution in [1.29, 1.82) is 0 Å². The summed E-state index contributed by atoms with van der Waals surface area (Å²) in [4.78, 5) is 28.7. The van der Waals surface area contributed by atoms with Crippen molar-refractivity contribution in [2.75, 3.05) is 13.7 Å². The molecule has 178 valence electrons. The first-order chi connectivity index (χ1) is 16.5. The van der Waals surface area contributed by atoms with Crippen LogP contribution < -0.4 is 10.1 Å². The first-order valence-electron chi connectivity index (χ1n) is 11.5. The van der Waals surface area contributed by atoms with Gasteiger partial charge >= 0.3 is 0 Å². The van der Waals surface area contributed by atoms with Gasteiger partial charge in [-0.25, -0.2) is 0 Å². The fourth-order valence-corrected chi connectivity index (χ4v) is 4.22. The number of carbonyl (C=O) groups is 2. The highest BCUT2D eigenvalue weighted by molar-refractivity contribution is 9.10. The Bertz CT molecular complexity index is 1070. The molecule has 0 radical (unpaired) electrons. The van der Waals surface area contributed by atoms with Crippen molar-refractivity contribution in [3.63, 3.8) is 0 Å². The van der Waals surface area contributed by atoms with Gasteiger partial charge in [-0.2, -0.15) is 0 Å². The van der Waals surface area contributed by atoms with Crippen LogP contribution >= 0.6 is 15.9 Å². The van der Waals surface area contributed by atoms with E-state index >= 15 is 0 Å². The van der Waals surface area contributed by atoms with Gasteiger partial charge in [-0.3, -0.25) is 9.59 Å². The van der Waals surface area contributed by atoms with Crippen molar-refractivity contribution in [1.82, 2.24) is 10.2 Å². The molecule has 3 aromatic rings. The maximum absolute atomic E-state index is 13.7. The second-order valence-corrected chi connectivity index (χ2v) is 9.09. The third kappa shape index (κ3) is 7.45. The lowest BCUT2D eigenvalue weighted by Crippen LogP contribution is -2.51. The molecule has 0 aliphatic rings. The molecule has 0 unspecified atom stereocenters. The van der Waals surface area contributed by atoms with E-state index in [0.29, 0.717) is 19.5 Å². The maximum Gasteiger partial charge on any atom is 0.243 e. The predicted molar refractivity (Wildman–Crippen MR) is 139 cm³/mol. The van der Waals surface area contributed by atoms with Crippen LogP contribution in [0.3, 0.4) is 0 Å². The molecule has 0 spiro atoms. The summed E-state index contributed by atoms with van der Waals surface area (Å²) < 4.78 is 6.17. The molecule has 34 heavy (non-hydrogen) atoms. The number of methoxy groups -OCH3 is 1. The molecule has 0 aliphatic heterocycles. The lowest BCUT2D eigenvalue weighted by molar-refractivity contribution is -0.140. The molecular weight excluding hydrogens is 492 g/mol. The Kier molecular flexibility index (Phi) is 9.71. The highest BCUT2D eigenvalue weighted by atomic mass is 79.9. The molecule has 1 atom stereocenters. The van der Waals surface area contributed by atoms with E-state index in [1.165, 1.54) is 0 Å². The molecule has 0 aromatic heterocycles. The third-order valence-corrected chi connectivity index (χ3v) is 6.07. The van der Waals surface area contributed by atoms with Gasteiger partial charge in [0, 0.05) is 24.0 Å². The fourth-order valence-electron chi connectivity index (χ4n) is 3.77. The molecule has 1 N–H and O–H groups in total. The summed E-state index contributed by atoms with van der Waals surface area (Å²) in [7, 11) is 1.61. The highest BCUT2D eigenvalue weighted by Gasteiger charge is 2.30. The maximum atomic E-state index is 13.7. The first-order valence-corrected chi connectivity index (χ1v) is 12.3. The number of nitrogens with one attached hydrogen (secondary N) is 1. The second-order valence-electron chi connectivity index (χ2n) is 8.17. The van der Waals surface area contributed by atoms with Gasteiger partial charge in [0.15, 0.2) is 0 Å². The Labute approximate surface area is 210 Å². The van der Waals surface area contributed by atoms with Crippen LogP contribution in [0.4, 0.5) is 0 Å². The van der Waals surface area contributed by atoms with Crippen molar-refractivity contribution >= 4 is 27.7 Å². The number of ether oxygens (including phenoxy) is 1. The van der Waals surface area contributed by atoms with Crippen LogP contribution in [0, 0.1) is 0 Å². The van der Waals surface area contributed by atoms with Crippen LogP contribution in [0.1, 0.15) is 30.0 Å². The zero-order chi connectivity index (χ0) is 24.3. The van der Waals surface area contributed by atoms with Crippen molar-refractivity contribution in [2.45, 2.75) is 38.8 Å². The predicted octanol–water partition coefficient (Wildman–Crippen LogP) is 5.17. The Morgan fingerprint density at radius 1 is 0.941 bits per heavy atom. The first kappa shape index (κ1) is 25.5. The van der Waals surface area contributed by atoms with Crippen LogP contribution in [0.5, 0.6) is 5.75 Å². The van der Waals surface area contributed by atoms with Gasteiger partial charge in [-0.15, -0.1) is 0 Å². The zero-order valence-corrected chi connectivity index (χ0v) is 21.3. The average Bonchev–Trinajstić information content (AvgIpc) is 2.85. The number of halogens is 1. The molecule has 0 bridgehead atoms. The minimum atomic E-state index is -0.626. The van der Waals surface area contributed by atoms with Crippen molar-refractivity contribution in [2.24, 2.45) is 0 Å². The Morgan fingerprint density at radius 2 is 1.65 bits per heavy atom. The average molecular weight is 523 g/mol. The van der Waals surface area contributed by atoms with E-state index in [1.807, 2.05) is 85.8 Å². The number of benzene rings is 3. The van der Waals surface area contributed by atoms with E-state index in [2.05, 4.69) is 21.2 Å². The van der Waals surface area contributed by atoms with Gasteiger partial charge in [0.05, 0.1) is 13.5 Å². The minimum absolute atomic E-state index is 0.0993. The summed E-state index contributed by atoms with van der Waals surface area (Å²) in [6.07, 6.45) is 1.47. The summed E-state index contributed by atoms with van der Waals surface area (Å²) in [5, 5.41) is 3.01. The lowest BCUT2D eigenvalue weighted by Gasteiger charge is -2.31. The summed E-state index contributed by atoms with van der Waals surface area (Å²) in [6, 6.07) is 24.5. The monoisotopic (exact) mass is 522 g/mol. The van der Waals surface area contributed by atoms with Crippen molar-refractivity contribution < 1.29 is 14.3 Å². The Balaban J connectivity index is 1.93. The fraction of sp³-hybridized carbons (Fsp3) is 0.286. The smallest absolute Gasteiger partial charge is 0.243 e. The van der Waals surface area contributed by atoms with Gasteiger partial charge in [-0.1, -0.05) is 77.5 Å². The summed E-state index contributed by atoms with van der Waals surface area (Å²) in [5.41, 5.74) is 2.84. The van der Waals surface area contributed by atoms with Gasteiger partial charge < -0.3 is 15.0 Å². The van der Waals surface area contributed by atoms with Gasteiger partial charge in [0.2, 0.25) is 11.8 Å². The van der Waals surface area contributed by atoms with E-state index in [9.17, 15) is 9.59 Å². The Morgan fingerprint density at radius 3 is 2.29 bits per heavy atom. The van der Waals surface area contributed by atoms with E-state index < -0.39 is 6.04 Å². The van der Waals surface area contributed by atoms with E-state index in [0.717, 1.165) is 33.3 Å². The number of hydrogen-bond acceptors (Lipinski definition) is 3. The van der Waals surface area contributed by atoms with E-state index in [4.69, 9.17) is 4.74 Å². The van der Waals surface area contributed by atoms with Crippen molar-refractivity contribution in [3.8, 4) is 5.75 Å². The van der Waals surface area contributed by atoms with Crippen LogP contribution in [0.15, 0.2) is 83.3 Å². The van der Waals surface area contributed by atoms with Gasteiger partial charge in [0.25, 0.3) is 0 Å².